The van der Waals surface area contributed by atoms with E-state index in [9.17, 15) is 4.79 Å². The average molecular weight is 403 g/mol. The predicted molar refractivity (Wildman–Crippen MR) is 113 cm³/mol. The lowest BCUT2D eigenvalue weighted by Crippen LogP contribution is -2.25. The van der Waals surface area contributed by atoms with Crippen LogP contribution in [0, 0.1) is 6.92 Å². The second kappa shape index (κ2) is 6.62. The number of pyridine rings is 2. The third-order valence-corrected chi connectivity index (χ3v) is 5.50. The standard InChI is InChI=1S/C22H25N7O/c1-13-19-15(21(30)23-12-18-26-25-17-7-5-6-10-28(17)18)11-16(14-8-9-14)24-20(19)29(27-13)22(2,3)4/h5-7,10-11,14H,8-9,12H2,1-4H3,(H,23,30). The maximum Gasteiger partial charge on any atom is 0.252 e. The van der Waals surface area contributed by atoms with Gasteiger partial charge in [0, 0.05) is 17.8 Å². The molecule has 1 aliphatic carbocycles. The van der Waals surface area contributed by atoms with Crippen LogP contribution in [0.4, 0.5) is 0 Å². The average Bonchev–Trinajstić information content (AvgIpc) is 3.40. The molecule has 0 unspecified atom stereocenters. The van der Waals surface area contributed by atoms with E-state index in [4.69, 9.17) is 10.1 Å². The van der Waals surface area contributed by atoms with Crippen LogP contribution in [-0.4, -0.2) is 35.3 Å². The topological polar surface area (TPSA) is 90.0 Å². The Morgan fingerprint density at radius 2 is 2.03 bits per heavy atom. The summed E-state index contributed by atoms with van der Waals surface area (Å²) in [5, 5.41) is 16.9. The number of nitrogens with one attached hydrogen (secondary N) is 1. The fraction of sp³-hybridized carbons (Fsp3) is 0.409. The molecule has 154 valence electrons. The molecule has 1 aliphatic rings. The molecule has 8 heteroatoms. The highest BCUT2D eigenvalue weighted by molar-refractivity contribution is 6.06. The van der Waals surface area contributed by atoms with Crippen molar-refractivity contribution in [3.63, 3.8) is 0 Å². The minimum Gasteiger partial charge on any atom is -0.345 e. The minimum absolute atomic E-state index is 0.145. The van der Waals surface area contributed by atoms with E-state index in [1.54, 1.807) is 0 Å². The smallest absolute Gasteiger partial charge is 0.252 e. The number of aromatic nitrogens is 6. The number of nitrogens with zero attached hydrogens (tertiary/aromatic N) is 6. The highest BCUT2D eigenvalue weighted by Gasteiger charge is 2.30. The number of hydrogen-bond donors (Lipinski definition) is 1. The van der Waals surface area contributed by atoms with E-state index in [0.29, 0.717) is 23.9 Å². The quantitative estimate of drug-likeness (QED) is 0.564. The van der Waals surface area contributed by atoms with Gasteiger partial charge in [-0.05, 0) is 58.7 Å². The normalized spacial score (nSPS) is 14.5. The van der Waals surface area contributed by atoms with Gasteiger partial charge < -0.3 is 5.32 Å². The van der Waals surface area contributed by atoms with Crippen molar-refractivity contribution >= 4 is 22.6 Å². The lowest BCUT2D eigenvalue weighted by Gasteiger charge is -2.20. The van der Waals surface area contributed by atoms with Gasteiger partial charge in [-0.1, -0.05) is 6.07 Å². The molecular weight excluding hydrogens is 378 g/mol. The van der Waals surface area contributed by atoms with E-state index in [1.165, 1.54) is 0 Å². The highest BCUT2D eigenvalue weighted by Crippen LogP contribution is 2.41. The van der Waals surface area contributed by atoms with Crippen LogP contribution in [0.2, 0.25) is 0 Å². The summed E-state index contributed by atoms with van der Waals surface area (Å²) in [5.41, 5.74) is 3.73. The number of rotatable bonds is 4. The number of aryl methyl sites for hydroxylation is 1. The van der Waals surface area contributed by atoms with Gasteiger partial charge in [0.05, 0.1) is 28.7 Å². The Morgan fingerprint density at radius 3 is 2.77 bits per heavy atom. The second-order valence-electron chi connectivity index (χ2n) is 8.96. The monoisotopic (exact) mass is 403 g/mol. The molecule has 0 aromatic carbocycles. The molecule has 1 amide bonds. The van der Waals surface area contributed by atoms with Crippen molar-refractivity contribution in [2.75, 3.05) is 0 Å². The Balaban J connectivity index is 1.54. The van der Waals surface area contributed by atoms with Gasteiger partial charge in [0.1, 0.15) is 0 Å². The molecule has 0 saturated heterocycles. The largest absolute Gasteiger partial charge is 0.345 e. The molecule has 1 saturated carbocycles. The summed E-state index contributed by atoms with van der Waals surface area (Å²) in [6, 6.07) is 7.66. The molecule has 30 heavy (non-hydrogen) atoms. The summed E-state index contributed by atoms with van der Waals surface area (Å²) in [6.07, 6.45) is 4.13. The second-order valence-corrected chi connectivity index (χ2v) is 8.96. The molecule has 0 aliphatic heterocycles. The molecule has 1 fully saturated rings. The number of carbonyl (C=O) groups is 1. The van der Waals surface area contributed by atoms with Crippen LogP contribution in [0.3, 0.4) is 0 Å². The first kappa shape index (κ1) is 18.7. The van der Waals surface area contributed by atoms with E-state index in [1.807, 2.05) is 46.5 Å². The first-order valence-electron chi connectivity index (χ1n) is 10.3. The lowest BCUT2D eigenvalue weighted by atomic mass is 10.1. The summed E-state index contributed by atoms with van der Waals surface area (Å²) in [5.74, 6) is 0.979. The SMILES string of the molecule is Cc1nn(C(C)(C)C)c2nc(C3CC3)cc(C(=O)NCc3nnc4ccccn34)c12. The molecule has 0 spiro atoms. The van der Waals surface area contributed by atoms with E-state index >= 15 is 0 Å². The Kier molecular flexibility index (Phi) is 4.13. The van der Waals surface area contributed by atoms with Crippen LogP contribution >= 0.6 is 0 Å². The third kappa shape index (κ3) is 3.12. The van der Waals surface area contributed by atoms with Crippen LogP contribution in [0.25, 0.3) is 16.7 Å². The molecule has 0 atom stereocenters. The van der Waals surface area contributed by atoms with Gasteiger partial charge in [0.15, 0.2) is 17.1 Å². The molecule has 4 heterocycles. The zero-order chi connectivity index (χ0) is 21.0. The van der Waals surface area contributed by atoms with E-state index < -0.39 is 0 Å². The number of fused-ring (bicyclic) bond motifs is 2. The maximum absolute atomic E-state index is 13.3. The number of amides is 1. The van der Waals surface area contributed by atoms with Crippen LogP contribution < -0.4 is 5.32 Å². The van der Waals surface area contributed by atoms with Gasteiger partial charge in [-0.15, -0.1) is 10.2 Å². The fourth-order valence-corrected chi connectivity index (χ4v) is 3.81. The molecule has 0 radical (unpaired) electrons. The number of hydrogen-bond acceptors (Lipinski definition) is 5. The Bertz CT molecular complexity index is 1270. The van der Waals surface area contributed by atoms with E-state index in [-0.39, 0.29) is 11.4 Å². The summed E-state index contributed by atoms with van der Waals surface area (Å²) >= 11 is 0. The van der Waals surface area contributed by atoms with Crippen LogP contribution in [0.1, 0.15) is 67.1 Å². The first-order valence-corrected chi connectivity index (χ1v) is 10.3. The molecular formula is C22H25N7O. The zero-order valence-electron chi connectivity index (χ0n) is 17.7. The van der Waals surface area contributed by atoms with Crippen molar-refractivity contribution < 1.29 is 4.79 Å². The molecule has 8 nitrogen and oxygen atoms in total. The van der Waals surface area contributed by atoms with Crippen molar-refractivity contribution in [2.24, 2.45) is 0 Å². The first-order chi connectivity index (χ1) is 14.3. The summed E-state index contributed by atoms with van der Waals surface area (Å²) in [4.78, 5) is 18.2. The molecule has 0 bridgehead atoms. The predicted octanol–water partition coefficient (Wildman–Crippen LogP) is 3.34. The molecule has 4 aromatic rings. The summed E-state index contributed by atoms with van der Waals surface area (Å²) in [7, 11) is 0. The Labute approximate surface area is 174 Å². The van der Waals surface area contributed by atoms with Gasteiger partial charge >= 0.3 is 0 Å². The third-order valence-electron chi connectivity index (χ3n) is 5.50. The number of carbonyl (C=O) groups excluding carboxylic acids is 1. The van der Waals surface area contributed by atoms with Crippen molar-refractivity contribution in [3.05, 3.63) is 53.2 Å². The molecule has 5 rings (SSSR count). The molecule has 4 aromatic heterocycles. The maximum atomic E-state index is 13.3. The Morgan fingerprint density at radius 1 is 1.23 bits per heavy atom. The summed E-state index contributed by atoms with van der Waals surface area (Å²) in [6.45, 7) is 8.52. The van der Waals surface area contributed by atoms with E-state index in [0.717, 1.165) is 40.9 Å². The van der Waals surface area contributed by atoms with Gasteiger partial charge in [-0.2, -0.15) is 5.10 Å². The Hall–Kier alpha value is -3.29. The molecule has 1 N–H and O–H groups in total. The van der Waals surface area contributed by atoms with E-state index in [2.05, 4.69) is 36.3 Å². The minimum atomic E-state index is -0.226. The van der Waals surface area contributed by atoms with Crippen molar-refractivity contribution in [2.45, 2.75) is 58.5 Å². The van der Waals surface area contributed by atoms with Crippen molar-refractivity contribution in [3.8, 4) is 0 Å². The lowest BCUT2D eigenvalue weighted by molar-refractivity contribution is 0.0951. The van der Waals surface area contributed by atoms with Crippen LogP contribution in [0.15, 0.2) is 30.5 Å². The van der Waals surface area contributed by atoms with Gasteiger partial charge in [0.2, 0.25) is 0 Å². The van der Waals surface area contributed by atoms with Crippen molar-refractivity contribution in [1.29, 1.82) is 0 Å². The fourth-order valence-electron chi connectivity index (χ4n) is 3.81. The summed E-state index contributed by atoms with van der Waals surface area (Å²) < 4.78 is 3.81. The highest BCUT2D eigenvalue weighted by atomic mass is 16.1. The zero-order valence-corrected chi connectivity index (χ0v) is 17.7. The van der Waals surface area contributed by atoms with Crippen molar-refractivity contribution in [1.82, 2.24) is 34.7 Å². The van der Waals surface area contributed by atoms with Gasteiger partial charge in [-0.25, -0.2) is 9.67 Å². The van der Waals surface area contributed by atoms with Gasteiger partial charge in [0.25, 0.3) is 5.91 Å². The van der Waals surface area contributed by atoms with Crippen LogP contribution in [-0.2, 0) is 12.1 Å². The van der Waals surface area contributed by atoms with Gasteiger partial charge in [-0.3, -0.25) is 9.20 Å². The van der Waals surface area contributed by atoms with Crippen LogP contribution in [0.5, 0.6) is 0 Å².